The summed E-state index contributed by atoms with van der Waals surface area (Å²) in [7, 11) is -8.09. The molecule has 0 saturated carbocycles. The SMILES string of the molecule is NS(=O)(=O)c1ccc(NS(=O)(=O)c2cccc(Cl)c2F)cc1. The first-order valence-corrected chi connectivity index (χ1v) is 9.12. The number of nitrogens with two attached hydrogens (primary N) is 1. The molecule has 10 heteroatoms. The molecule has 0 aliphatic carbocycles. The highest BCUT2D eigenvalue weighted by Gasteiger charge is 2.21. The molecule has 0 bridgehead atoms. The van der Waals surface area contributed by atoms with Crippen LogP contribution in [0.2, 0.25) is 5.02 Å². The molecule has 0 saturated heterocycles. The lowest BCUT2D eigenvalue weighted by atomic mass is 10.3. The molecule has 0 amide bonds. The number of hydrogen-bond donors (Lipinski definition) is 2. The van der Waals surface area contributed by atoms with Crippen molar-refractivity contribution in [1.29, 1.82) is 0 Å². The highest BCUT2D eigenvalue weighted by atomic mass is 35.5. The number of sulfonamides is 2. The van der Waals surface area contributed by atoms with E-state index in [0.29, 0.717) is 0 Å². The summed E-state index contributed by atoms with van der Waals surface area (Å²) in [5.74, 6) is -1.07. The maximum Gasteiger partial charge on any atom is 0.264 e. The second kappa shape index (κ2) is 5.84. The largest absolute Gasteiger partial charge is 0.280 e. The predicted octanol–water partition coefficient (Wildman–Crippen LogP) is 1.93. The maximum atomic E-state index is 13.8. The second-order valence-electron chi connectivity index (χ2n) is 4.23. The molecule has 2 aromatic carbocycles. The summed E-state index contributed by atoms with van der Waals surface area (Å²) in [6, 6.07) is 8.21. The summed E-state index contributed by atoms with van der Waals surface area (Å²) in [5.41, 5.74) is 0.0479. The van der Waals surface area contributed by atoms with Crippen molar-refractivity contribution in [3.05, 3.63) is 53.3 Å². The third-order valence-electron chi connectivity index (χ3n) is 2.64. The first-order chi connectivity index (χ1) is 10.1. The van der Waals surface area contributed by atoms with Gasteiger partial charge in [0, 0.05) is 5.69 Å². The summed E-state index contributed by atoms with van der Waals surface area (Å²) in [6.45, 7) is 0. The highest BCUT2D eigenvalue weighted by Crippen LogP contribution is 2.24. The molecule has 0 aliphatic heterocycles. The zero-order chi connectivity index (χ0) is 16.5. The molecule has 0 radical (unpaired) electrons. The lowest BCUT2D eigenvalue weighted by Crippen LogP contribution is -2.15. The summed E-state index contributed by atoms with van der Waals surface area (Å²) in [6.07, 6.45) is 0. The third-order valence-corrected chi connectivity index (χ3v) is 5.26. The molecule has 0 aliphatic rings. The van der Waals surface area contributed by atoms with Gasteiger partial charge in [-0.15, -0.1) is 0 Å². The van der Waals surface area contributed by atoms with Gasteiger partial charge in [-0.3, -0.25) is 4.72 Å². The fourth-order valence-electron chi connectivity index (χ4n) is 1.61. The molecule has 0 fully saturated rings. The van der Waals surface area contributed by atoms with Crippen LogP contribution in [0.15, 0.2) is 52.3 Å². The molecular weight excluding hydrogens is 355 g/mol. The van der Waals surface area contributed by atoms with Crippen molar-refractivity contribution < 1.29 is 21.2 Å². The van der Waals surface area contributed by atoms with Gasteiger partial charge in [0.05, 0.1) is 9.92 Å². The fraction of sp³-hybridized carbons (Fsp3) is 0. The maximum absolute atomic E-state index is 13.8. The van der Waals surface area contributed by atoms with E-state index in [-0.39, 0.29) is 15.6 Å². The topological polar surface area (TPSA) is 106 Å². The van der Waals surface area contributed by atoms with Crippen molar-refractivity contribution in [1.82, 2.24) is 0 Å². The Bertz CT molecular complexity index is 913. The van der Waals surface area contributed by atoms with Gasteiger partial charge in [-0.2, -0.15) is 0 Å². The number of hydrogen-bond acceptors (Lipinski definition) is 4. The zero-order valence-electron chi connectivity index (χ0n) is 10.8. The van der Waals surface area contributed by atoms with Gasteiger partial charge in [-0.1, -0.05) is 17.7 Å². The van der Waals surface area contributed by atoms with E-state index in [1.165, 1.54) is 24.3 Å². The number of halogens is 2. The van der Waals surface area contributed by atoms with Gasteiger partial charge in [0.1, 0.15) is 4.90 Å². The van der Waals surface area contributed by atoms with Crippen LogP contribution in [-0.2, 0) is 20.0 Å². The van der Waals surface area contributed by atoms with E-state index in [2.05, 4.69) is 4.72 Å². The van der Waals surface area contributed by atoms with Gasteiger partial charge >= 0.3 is 0 Å². The molecule has 22 heavy (non-hydrogen) atoms. The number of nitrogens with one attached hydrogen (secondary N) is 1. The Morgan fingerprint density at radius 2 is 1.59 bits per heavy atom. The van der Waals surface area contributed by atoms with Crippen molar-refractivity contribution in [3.63, 3.8) is 0 Å². The minimum absolute atomic E-state index is 0.0479. The van der Waals surface area contributed by atoms with E-state index in [1.807, 2.05) is 0 Å². The summed E-state index contributed by atoms with van der Waals surface area (Å²) in [4.78, 5) is -0.792. The lowest BCUT2D eigenvalue weighted by Gasteiger charge is -2.09. The zero-order valence-corrected chi connectivity index (χ0v) is 13.2. The molecule has 2 rings (SSSR count). The Morgan fingerprint density at radius 3 is 2.14 bits per heavy atom. The highest BCUT2D eigenvalue weighted by molar-refractivity contribution is 7.92. The van der Waals surface area contributed by atoms with E-state index >= 15 is 0 Å². The van der Waals surface area contributed by atoms with Gasteiger partial charge in [0.2, 0.25) is 10.0 Å². The van der Waals surface area contributed by atoms with Crippen LogP contribution in [0.25, 0.3) is 0 Å². The molecule has 0 unspecified atom stereocenters. The number of anilines is 1. The van der Waals surface area contributed by atoms with Crippen molar-refractivity contribution in [2.45, 2.75) is 9.79 Å². The minimum atomic E-state index is -4.20. The van der Waals surface area contributed by atoms with Crippen molar-refractivity contribution in [2.75, 3.05) is 4.72 Å². The average molecular weight is 365 g/mol. The molecule has 0 spiro atoms. The number of benzene rings is 2. The Balaban J connectivity index is 2.35. The van der Waals surface area contributed by atoms with Crippen LogP contribution < -0.4 is 9.86 Å². The first-order valence-electron chi connectivity index (χ1n) is 5.71. The van der Waals surface area contributed by atoms with E-state index in [4.69, 9.17) is 16.7 Å². The molecule has 3 N–H and O–H groups in total. The Hall–Kier alpha value is -1.68. The van der Waals surface area contributed by atoms with Crippen LogP contribution >= 0.6 is 11.6 Å². The molecule has 2 aromatic rings. The predicted molar refractivity (Wildman–Crippen MR) is 80.0 cm³/mol. The molecule has 118 valence electrons. The van der Waals surface area contributed by atoms with Crippen LogP contribution in [0.1, 0.15) is 0 Å². The van der Waals surface area contributed by atoms with Gasteiger partial charge < -0.3 is 0 Å². The molecule has 6 nitrogen and oxygen atoms in total. The van der Waals surface area contributed by atoms with Gasteiger partial charge in [-0.25, -0.2) is 26.4 Å². The van der Waals surface area contributed by atoms with Crippen LogP contribution in [0.3, 0.4) is 0 Å². The molecule has 0 aromatic heterocycles. The Kier molecular flexibility index (Phi) is 4.43. The Labute approximate surface area is 131 Å². The van der Waals surface area contributed by atoms with Crippen LogP contribution in [-0.4, -0.2) is 16.8 Å². The van der Waals surface area contributed by atoms with Crippen LogP contribution in [0.5, 0.6) is 0 Å². The first kappa shape index (κ1) is 16.7. The van der Waals surface area contributed by atoms with Gasteiger partial charge in [0.25, 0.3) is 10.0 Å². The van der Waals surface area contributed by atoms with Crippen molar-refractivity contribution in [3.8, 4) is 0 Å². The summed E-state index contributed by atoms with van der Waals surface area (Å²) < 4.78 is 62.3. The van der Waals surface area contributed by atoms with Crippen LogP contribution in [0.4, 0.5) is 10.1 Å². The smallest absolute Gasteiger partial charge is 0.264 e. The third kappa shape index (κ3) is 3.55. The molecule has 0 heterocycles. The Morgan fingerprint density at radius 1 is 1.00 bits per heavy atom. The average Bonchev–Trinajstić information content (AvgIpc) is 2.40. The van der Waals surface area contributed by atoms with Crippen molar-refractivity contribution >= 4 is 37.3 Å². The molecule has 0 atom stereocenters. The van der Waals surface area contributed by atoms with Gasteiger partial charge in [-0.05, 0) is 36.4 Å². The number of primary sulfonamides is 1. The van der Waals surface area contributed by atoms with E-state index < -0.39 is 30.8 Å². The monoisotopic (exact) mass is 364 g/mol. The minimum Gasteiger partial charge on any atom is -0.280 e. The second-order valence-corrected chi connectivity index (χ2v) is 7.85. The standard InChI is InChI=1S/C12H10ClFN2O4S2/c13-10-2-1-3-11(12(10)14)22(19,20)16-8-4-6-9(7-5-8)21(15,17)18/h1-7,16H,(H2,15,17,18). The quantitative estimate of drug-likeness (QED) is 0.864. The van der Waals surface area contributed by atoms with Crippen LogP contribution in [0, 0.1) is 5.82 Å². The van der Waals surface area contributed by atoms with E-state index in [0.717, 1.165) is 18.2 Å². The fourth-order valence-corrected chi connectivity index (χ4v) is 3.52. The summed E-state index contributed by atoms with van der Waals surface area (Å²) >= 11 is 5.55. The number of rotatable bonds is 4. The van der Waals surface area contributed by atoms with E-state index in [9.17, 15) is 21.2 Å². The van der Waals surface area contributed by atoms with Crippen molar-refractivity contribution in [2.24, 2.45) is 5.14 Å². The summed E-state index contributed by atoms with van der Waals surface area (Å²) in [5, 5.41) is 4.60. The molecular formula is C12H10ClFN2O4S2. The van der Waals surface area contributed by atoms with E-state index in [1.54, 1.807) is 0 Å². The lowest BCUT2D eigenvalue weighted by molar-refractivity contribution is 0.570. The van der Waals surface area contributed by atoms with Gasteiger partial charge in [0.15, 0.2) is 5.82 Å². The normalized spacial score (nSPS) is 12.1.